The van der Waals surface area contributed by atoms with Crippen LogP contribution in [0.15, 0.2) is 46.1 Å². The minimum atomic E-state index is -0.975. The summed E-state index contributed by atoms with van der Waals surface area (Å²) in [6.07, 6.45) is -0.975. The number of thiazole rings is 1. The first-order valence-electron chi connectivity index (χ1n) is 8.02. The number of nitrogens with zero attached hydrogens (tertiary/aromatic N) is 1. The minimum absolute atomic E-state index is 0.171. The second-order valence-corrected chi connectivity index (χ2v) is 8.55. The van der Waals surface area contributed by atoms with E-state index in [9.17, 15) is 13.2 Å². The Kier molecular flexibility index (Phi) is 6.61. The van der Waals surface area contributed by atoms with Crippen molar-refractivity contribution in [3.05, 3.63) is 69.3 Å². The van der Waals surface area contributed by atoms with Crippen molar-refractivity contribution in [3.8, 4) is 0 Å². The van der Waals surface area contributed by atoms with Crippen LogP contribution in [0.5, 0.6) is 0 Å². The molecule has 0 saturated carbocycles. The standard InChI is InChI=1S/C18H16ClF3N4S2/c1-2-28(26-17-8-27-9-24-17)16-6-13(19)15(7-14(16)22)25-18(23)10-3-11(20)5-12(21)4-10/h2-9,18,25-26H,23H2,1H3/t18-,28?/m1/s1. The van der Waals surface area contributed by atoms with Gasteiger partial charge in [-0.1, -0.05) is 22.3 Å². The lowest BCUT2D eigenvalue weighted by molar-refractivity contribution is 0.576. The molecule has 10 heteroatoms. The van der Waals surface area contributed by atoms with Gasteiger partial charge in [0.05, 0.1) is 21.1 Å². The average molecular weight is 445 g/mol. The number of hydrogen-bond donors (Lipinski definition) is 3. The Hall–Kier alpha value is -2.07. The molecule has 1 heterocycles. The summed E-state index contributed by atoms with van der Waals surface area (Å²) in [4.78, 5) is 4.49. The summed E-state index contributed by atoms with van der Waals surface area (Å²) in [5.41, 5.74) is 8.01. The van der Waals surface area contributed by atoms with Crippen LogP contribution in [0.2, 0.25) is 5.02 Å². The van der Waals surface area contributed by atoms with Gasteiger partial charge in [-0.3, -0.25) is 0 Å². The highest BCUT2D eigenvalue weighted by molar-refractivity contribution is 8.16. The fraction of sp³-hybridized carbons (Fsp3) is 0.111. The number of hydrogen-bond acceptors (Lipinski definition) is 5. The lowest BCUT2D eigenvalue weighted by atomic mass is 10.1. The van der Waals surface area contributed by atoms with Crippen LogP contribution in [0, 0.1) is 17.5 Å². The molecule has 0 bridgehead atoms. The zero-order valence-corrected chi connectivity index (χ0v) is 16.9. The fourth-order valence-corrected chi connectivity index (χ4v) is 4.60. The topological polar surface area (TPSA) is 63.0 Å². The Balaban J connectivity index is 1.85. The van der Waals surface area contributed by atoms with E-state index in [1.807, 2.05) is 10.7 Å². The maximum atomic E-state index is 14.7. The van der Waals surface area contributed by atoms with E-state index >= 15 is 0 Å². The van der Waals surface area contributed by atoms with E-state index in [4.69, 9.17) is 17.3 Å². The first kappa shape index (κ1) is 20.7. The van der Waals surface area contributed by atoms with E-state index in [0.29, 0.717) is 10.7 Å². The van der Waals surface area contributed by atoms with Gasteiger partial charge in [0, 0.05) is 11.4 Å². The number of benzene rings is 2. The van der Waals surface area contributed by atoms with E-state index in [2.05, 4.69) is 15.0 Å². The van der Waals surface area contributed by atoms with Gasteiger partial charge < -0.3 is 15.8 Å². The molecule has 28 heavy (non-hydrogen) atoms. The average Bonchev–Trinajstić information content (AvgIpc) is 3.15. The minimum Gasteiger partial charge on any atom is -0.365 e. The molecule has 0 aliphatic heterocycles. The molecule has 1 aromatic heterocycles. The van der Waals surface area contributed by atoms with Crippen molar-refractivity contribution in [2.45, 2.75) is 18.0 Å². The molecule has 0 aliphatic rings. The van der Waals surface area contributed by atoms with Gasteiger partial charge in [-0.2, -0.15) is 0 Å². The second-order valence-electron chi connectivity index (χ2n) is 5.64. The number of nitrogens with two attached hydrogens (primary N) is 1. The third-order valence-corrected chi connectivity index (χ3v) is 6.28. The molecule has 4 N–H and O–H groups in total. The third-order valence-electron chi connectivity index (χ3n) is 3.70. The number of nitrogens with one attached hydrogen (secondary N) is 2. The van der Waals surface area contributed by atoms with Crippen molar-refractivity contribution in [2.75, 3.05) is 10.0 Å². The molecule has 0 saturated heterocycles. The Bertz CT molecular complexity index is 992. The normalized spacial score (nSPS) is 13.4. The van der Waals surface area contributed by atoms with E-state index in [1.165, 1.54) is 23.5 Å². The predicted octanol–water partition coefficient (Wildman–Crippen LogP) is 5.76. The van der Waals surface area contributed by atoms with Crippen LogP contribution < -0.4 is 15.8 Å². The van der Waals surface area contributed by atoms with Gasteiger partial charge in [0.15, 0.2) is 0 Å². The van der Waals surface area contributed by atoms with Gasteiger partial charge in [0.1, 0.15) is 29.4 Å². The van der Waals surface area contributed by atoms with Crippen molar-refractivity contribution < 1.29 is 13.2 Å². The molecule has 2 aromatic carbocycles. The fourth-order valence-electron chi connectivity index (χ4n) is 2.43. The number of aromatic nitrogens is 1. The van der Waals surface area contributed by atoms with Gasteiger partial charge in [0.25, 0.3) is 0 Å². The van der Waals surface area contributed by atoms with Crippen molar-refractivity contribution in [1.82, 2.24) is 4.98 Å². The highest BCUT2D eigenvalue weighted by Gasteiger charge is 2.15. The quantitative estimate of drug-likeness (QED) is 0.334. The number of anilines is 2. The van der Waals surface area contributed by atoms with Crippen LogP contribution in [0.3, 0.4) is 0 Å². The summed E-state index contributed by atoms with van der Waals surface area (Å²) in [7, 11) is -0.758. The first-order valence-corrected chi connectivity index (χ1v) is 10.6. The Morgan fingerprint density at radius 2 is 1.89 bits per heavy atom. The Morgan fingerprint density at radius 1 is 1.18 bits per heavy atom. The van der Waals surface area contributed by atoms with Crippen molar-refractivity contribution in [1.29, 1.82) is 0 Å². The molecule has 3 rings (SSSR count). The Morgan fingerprint density at radius 3 is 2.50 bits per heavy atom. The molecule has 0 amide bonds. The molecule has 0 radical (unpaired) electrons. The zero-order chi connectivity index (χ0) is 20.3. The van der Waals surface area contributed by atoms with Gasteiger partial charge in [-0.25, -0.2) is 18.2 Å². The molecular weight excluding hydrogens is 429 g/mol. The zero-order valence-electron chi connectivity index (χ0n) is 14.5. The van der Waals surface area contributed by atoms with Crippen LogP contribution in [0.4, 0.5) is 24.7 Å². The van der Waals surface area contributed by atoms with Crippen LogP contribution in [0.25, 0.3) is 0 Å². The summed E-state index contributed by atoms with van der Waals surface area (Å²) in [6.45, 7) is 1.80. The molecule has 2 atom stereocenters. The molecule has 1 unspecified atom stereocenters. The maximum absolute atomic E-state index is 14.7. The maximum Gasteiger partial charge on any atom is 0.146 e. The summed E-state index contributed by atoms with van der Waals surface area (Å²) >= 11 is 7.72. The molecule has 0 spiro atoms. The van der Waals surface area contributed by atoms with Crippen LogP contribution in [-0.4, -0.2) is 10.4 Å². The third kappa shape index (κ3) is 4.85. The summed E-state index contributed by atoms with van der Waals surface area (Å²) in [5.74, 6) is -1.38. The lowest BCUT2D eigenvalue weighted by Crippen LogP contribution is -2.20. The summed E-state index contributed by atoms with van der Waals surface area (Å²) < 4.78 is 44.6. The van der Waals surface area contributed by atoms with Gasteiger partial charge in [-0.15, -0.1) is 11.3 Å². The highest BCUT2D eigenvalue weighted by atomic mass is 35.5. The molecule has 148 valence electrons. The van der Waals surface area contributed by atoms with Gasteiger partial charge >= 0.3 is 0 Å². The molecule has 3 aromatic rings. The van der Waals surface area contributed by atoms with Crippen molar-refractivity contribution in [3.63, 3.8) is 0 Å². The van der Waals surface area contributed by atoms with Crippen LogP contribution >= 0.6 is 33.6 Å². The number of halogens is 4. The monoisotopic (exact) mass is 444 g/mol. The number of rotatable bonds is 6. The van der Waals surface area contributed by atoms with Gasteiger partial charge in [-0.05, 0) is 42.1 Å². The molecule has 0 aliphatic carbocycles. The van der Waals surface area contributed by atoms with E-state index in [0.717, 1.165) is 18.2 Å². The summed E-state index contributed by atoms with van der Waals surface area (Å²) in [5, 5.41) is 6.63. The SMILES string of the molecule is C/C=S(/Nc1cscn1)c1cc(Cl)c(N[C@@H](N)c2cc(F)cc(F)c2)cc1F. The predicted molar refractivity (Wildman–Crippen MR) is 112 cm³/mol. The van der Waals surface area contributed by atoms with Crippen LogP contribution in [-0.2, 0) is 0 Å². The van der Waals surface area contributed by atoms with E-state index in [-0.39, 0.29) is 16.3 Å². The van der Waals surface area contributed by atoms with E-state index < -0.39 is 34.3 Å². The molecule has 4 nitrogen and oxygen atoms in total. The summed E-state index contributed by atoms with van der Waals surface area (Å²) in [6, 6.07) is 5.64. The first-order chi connectivity index (χ1) is 13.4. The van der Waals surface area contributed by atoms with Gasteiger partial charge in [0.2, 0.25) is 0 Å². The largest absolute Gasteiger partial charge is 0.365 e. The lowest BCUT2D eigenvalue weighted by Gasteiger charge is -2.19. The Labute approximate surface area is 171 Å². The molecule has 0 fully saturated rings. The molecular formula is C18H16ClF3N4S2. The van der Waals surface area contributed by atoms with Crippen molar-refractivity contribution in [2.24, 2.45) is 5.73 Å². The highest BCUT2D eigenvalue weighted by Crippen LogP contribution is 2.36. The van der Waals surface area contributed by atoms with Crippen LogP contribution in [0.1, 0.15) is 18.7 Å². The van der Waals surface area contributed by atoms with E-state index in [1.54, 1.807) is 12.4 Å². The second kappa shape index (κ2) is 8.95. The van der Waals surface area contributed by atoms with Crippen molar-refractivity contribution >= 4 is 50.5 Å². The smallest absolute Gasteiger partial charge is 0.146 e.